The first-order chi connectivity index (χ1) is 15.1. The van der Waals surface area contributed by atoms with Crippen LogP contribution < -0.4 is 9.47 Å². The number of nitrogens with zero attached hydrogens (tertiary/aromatic N) is 2. The van der Waals surface area contributed by atoms with Gasteiger partial charge in [0.05, 0.1) is 12.8 Å². The van der Waals surface area contributed by atoms with Crippen LogP contribution in [0.4, 0.5) is 0 Å². The number of aromatic nitrogens is 2. The summed E-state index contributed by atoms with van der Waals surface area (Å²) in [4.78, 5) is 0. The lowest BCUT2D eigenvalue weighted by Crippen LogP contribution is -2.54. The summed E-state index contributed by atoms with van der Waals surface area (Å²) in [6.07, 6.45) is 1.51. The van der Waals surface area contributed by atoms with Crippen LogP contribution in [0.15, 0.2) is 54.6 Å². The number of para-hydroxylation sites is 2. The van der Waals surface area contributed by atoms with E-state index < -0.39 is 11.2 Å². The molecular weight excluding hydrogens is 444 g/mol. The van der Waals surface area contributed by atoms with Crippen molar-refractivity contribution in [2.45, 2.75) is 56.1 Å². The van der Waals surface area contributed by atoms with E-state index in [0.717, 1.165) is 35.5 Å². The third-order valence-corrected chi connectivity index (χ3v) is 8.59. The molecule has 7 heteroatoms. The minimum atomic E-state index is -0.689. The first-order valence-corrected chi connectivity index (χ1v) is 12.3. The van der Waals surface area contributed by atoms with Crippen LogP contribution in [0.25, 0.3) is 16.9 Å². The van der Waals surface area contributed by atoms with E-state index in [1.54, 1.807) is 7.11 Å². The van der Waals surface area contributed by atoms with Gasteiger partial charge < -0.3 is 9.47 Å². The second kappa shape index (κ2) is 8.65. The standard InChI is InChI=1S/C25H30ClN2O3S/c1-24(2)15-19(16-25(3,4)32(24)29)31-23-14-21(17-10-12-18(26)13-11-17)28(27-23)20-8-6-7-9-22(20)30-5/h6-14,19,29H,15-16H2,1-5H3/q+1. The maximum Gasteiger partial charge on any atom is 0.234 e. The topological polar surface area (TPSA) is 56.5 Å². The van der Waals surface area contributed by atoms with Crippen LogP contribution in [0.5, 0.6) is 11.6 Å². The first-order valence-electron chi connectivity index (χ1n) is 10.7. The summed E-state index contributed by atoms with van der Waals surface area (Å²) in [6.45, 7) is 8.44. The highest BCUT2D eigenvalue weighted by atomic mass is 35.5. The zero-order valence-electron chi connectivity index (χ0n) is 19.1. The van der Waals surface area contributed by atoms with Gasteiger partial charge in [0.25, 0.3) is 0 Å². The van der Waals surface area contributed by atoms with E-state index in [2.05, 4.69) is 27.7 Å². The Labute approximate surface area is 197 Å². The molecule has 0 radical (unpaired) electrons. The van der Waals surface area contributed by atoms with Crippen LogP contribution in [0, 0.1) is 0 Å². The van der Waals surface area contributed by atoms with Crippen molar-refractivity contribution in [2.24, 2.45) is 0 Å². The van der Waals surface area contributed by atoms with Gasteiger partial charge in [-0.05, 0) is 52.0 Å². The van der Waals surface area contributed by atoms with Crippen molar-refractivity contribution >= 4 is 22.8 Å². The molecular formula is C25H30ClN2O3S+. The summed E-state index contributed by atoms with van der Waals surface area (Å²) >= 11 is 5.43. The molecule has 4 rings (SSSR count). The number of benzene rings is 2. The van der Waals surface area contributed by atoms with Crippen molar-refractivity contribution in [1.82, 2.24) is 9.78 Å². The molecule has 0 bridgehead atoms. The molecule has 0 saturated carbocycles. The molecule has 170 valence electrons. The Balaban J connectivity index is 1.74. The van der Waals surface area contributed by atoms with E-state index in [-0.39, 0.29) is 15.6 Å². The largest absolute Gasteiger partial charge is 0.494 e. The van der Waals surface area contributed by atoms with Crippen molar-refractivity contribution in [1.29, 1.82) is 0 Å². The molecule has 2 aromatic carbocycles. The van der Waals surface area contributed by atoms with E-state index in [1.807, 2.05) is 59.3 Å². The van der Waals surface area contributed by atoms with Gasteiger partial charge >= 0.3 is 0 Å². The molecule has 0 aliphatic carbocycles. The summed E-state index contributed by atoms with van der Waals surface area (Å²) in [5.74, 6) is 1.28. The molecule has 0 spiro atoms. The molecule has 1 saturated heterocycles. The Morgan fingerprint density at radius 2 is 1.66 bits per heavy atom. The maximum atomic E-state index is 10.8. The first kappa shape index (κ1) is 23.0. The van der Waals surface area contributed by atoms with Gasteiger partial charge in [0, 0.05) is 29.5 Å². The number of hydrogen-bond donors (Lipinski definition) is 1. The Morgan fingerprint density at radius 3 is 2.28 bits per heavy atom. The molecule has 3 aromatic rings. The molecule has 0 unspecified atom stereocenters. The lowest BCUT2D eigenvalue weighted by molar-refractivity contribution is 0.139. The third kappa shape index (κ3) is 4.49. The second-order valence-electron chi connectivity index (χ2n) is 9.41. The molecule has 5 nitrogen and oxygen atoms in total. The Kier molecular flexibility index (Phi) is 6.23. The quantitative estimate of drug-likeness (QED) is 0.436. The molecule has 1 aromatic heterocycles. The number of rotatable bonds is 5. The van der Waals surface area contributed by atoms with Gasteiger partial charge in [0.1, 0.15) is 17.5 Å². The van der Waals surface area contributed by atoms with Crippen LogP contribution in [0.1, 0.15) is 40.5 Å². The van der Waals surface area contributed by atoms with E-state index in [9.17, 15) is 4.55 Å². The average molecular weight is 474 g/mol. The van der Waals surface area contributed by atoms with Crippen molar-refractivity contribution in [3.8, 4) is 28.6 Å². The Bertz CT molecular complexity index is 1080. The molecule has 0 amide bonds. The van der Waals surface area contributed by atoms with E-state index in [4.69, 9.17) is 26.2 Å². The van der Waals surface area contributed by atoms with E-state index in [1.165, 1.54) is 0 Å². The normalized spacial score (nSPS) is 21.8. The highest BCUT2D eigenvalue weighted by Gasteiger charge is 2.57. The average Bonchev–Trinajstić information content (AvgIpc) is 3.15. The number of hydrogen-bond acceptors (Lipinski definition) is 4. The SMILES string of the molecule is COc1ccccc1-n1nc(OC2CC(C)(C)[S+](O)C(C)(C)C2)cc1-c1ccc(Cl)cc1. The van der Waals surface area contributed by atoms with Crippen LogP contribution in [0.3, 0.4) is 0 Å². The van der Waals surface area contributed by atoms with Gasteiger partial charge in [0.2, 0.25) is 5.88 Å². The predicted octanol–water partition coefficient (Wildman–Crippen LogP) is 6.39. The number of halogens is 1. The lowest BCUT2D eigenvalue weighted by atomic mass is 9.95. The molecule has 1 fully saturated rings. The van der Waals surface area contributed by atoms with Crippen molar-refractivity contribution in [3.63, 3.8) is 0 Å². The third-order valence-electron chi connectivity index (χ3n) is 5.91. The van der Waals surface area contributed by atoms with E-state index in [0.29, 0.717) is 10.9 Å². The van der Waals surface area contributed by atoms with Gasteiger partial charge in [-0.15, -0.1) is 5.10 Å². The minimum absolute atomic E-state index is 0.0324. The summed E-state index contributed by atoms with van der Waals surface area (Å²) < 4.78 is 24.2. The minimum Gasteiger partial charge on any atom is -0.494 e. The van der Waals surface area contributed by atoms with Crippen molar-refractivity contribution < 1.29 is 14.0 Å². The smallest absolute Gasteiger partial charge is 0.234 e. The summed E-state index contributed by atoms with van der Waals surface area (Å²) in [7, 11) is 1.65. The van der Waals surface area contributed by atoms with Crippen LogP contribution >= 0.6 is 11.6 Å². The summed E-state index contributed by atoms with van der Waals surface area (Å²) in [6, 6.07) is 17.4. The molecule has 1 aliphatic rings. The van der Waals surface area contributed by atoms with Gasteiger partial charge in [0.15, 0.2) is 20.7 Å². The molecule has 0 atom stereocenters. The monoisotopic (exact) mass is 473 g/mol. The predicted molar refractivity (Wildman–Crippen MR) is 132 cm³/mol. The second-order valence-corrected chi connectivity index (χ2v) is 12.6. The van der Waals surface area contributed by atoms with E-state index >= 15 is 0 Å². The zero-order chi connectivity index (χ0) is 23.1. The molecule has 1 aliphatic heterocycles. The molecule has 1 N–H and O–H groups in total. The number of methoxy groups -OCH3 is 1. The van der Waals surface area contributed by atoms with Crippen molar-refractivity contribution in [2.75, 3.05) is 7.11 Å². The molecule has 32 heavy (non-hydrogen) atoms. The maximum absolute atomic E-state index is 10.8. The summed E-state index contributed by atoms with van der Waals surface area (Å²) in [5, 5.41) is 5.50. The van der Waals surface area contributed by atoms with Crippen molar-refractivity contribution in [3.05, 3.63) is 59.6 Å². The fourth-order valence-corrected chi connectivity index (χ4v) is 6.87. The Morgan fingerprint density at radius 1 is 1.03 bits per heavy atom. The van der Waals surface area contributed by atoms with Gasteiger partial charge in [-0.25, -0.2) is 4.68 Å². The van der Waals surface area contributed by atoms with Gasteiger partial charge in [-0.1, -0.05) is 35.9 Å². The fourth-order valence-electron chi connectivity index (χ4n) is 4.56. The highest BCUT2D eigenvalue weighted by Crippen LogP contribution is 2.43. The lowest BCUT2D eigenvalue weighted by Gasteiger charge is -2.39. The van der Waals surface area contributed by atoms with Gasteiger partial charge in [-0.3, -0.25) is 0 Å². The number of ether oxygens (including phenoxy) is 2. The van der Waals surface area contributed by atoms with Gasteiger partial charge in [-0.2, -0.15) is 4.55 Å². The fraction of sp³-hybridized carbons (Fsp3) is 0.400. The van der Waals surface area contributed by atoms with Crippen LogP contribution in [-0.4, -0.2) is 37.0 Å². The van der Waals surface area contributed by atoms with Crippen LogP contribution in [0.2, 0.25) is 5.02 Å². The highest BCUT2D eigenvalue weighted by molar-refractivity contribution is 7.94. The summed E-state index contributed by atoms with van der Waals surface area (Å²) in [5.41, 5.74) is 2.69. The van der Waals surface area contributed by atoms with Crippen LogP contribution in [-0.2, 0) is 11.2 Å². The zero-order valence-corrected chi connectivity index (χ0v) is 20.7. The molecule has 2 heterocycles. The Hall–Kier alpha value is -2.15.